The van der Waals surface area contributed by atoms with Crippen molar-refractivity contribution in [2.45, 2.75) is 12.8 Å². The molecular formula is C13H25N3O2. The monoisotopic (exact) mass is 255 g/mol. The number of amides is 1. The van der Waals surface area contributed by atoms with E-state index in [1.165, 1.54) is 0 Å². The van der Waals surface area contributed by atoms with Crippen LogP contribution in [0.5, 0.6) is 0 Å². The highest BCUT2D eigenvalue weighted by Gasteiger charge is 2.25. The van der Waals surface area contributed by atoms with Gasteiger partial charge in [0.2, 0.25) is 5.91 Å². The molecule has 1 atom stereocenters. The van der Waals surface area contributed by atoms with Gasteiger partial charge in [0.1, 0.15) is 0 Å². The first-order valence-electron chi connectivity index (χ1n) is 6.99. The van der Waals surface area contributed by atoms with Crippen LogP contribution in [-0.2, 0) is 9.53 Å². The summed E-state index contributed by atoms with van der Waals surface area (Å²) in [6.07, 6.45) is 2.22. The molecule has 2 heterocycles. The van der Waals surface area contributed by atoms with Crippen molar-refractivity contribution in [2.24, 2.45) is 5.92 Å². The van der Waals surface area contributed by atoms with Crippen molar-refractivity contribution in [2.75, 3.05) is 59.5 Å². The van der Waals surface area contributed by atoms with Crippen molar-refractivity contribution >= 4 is 5.91 Å². The Labute approximate surface area is 109 Å². The molecule has 0 bridgehead atoms. The minimum absolute atomic E-state index is 0.289. The normalized spacial score (nSPS) is 26.3. The van der Waals surface area contributed by atoms with E-state index < -0.39 is 0 Å². The van der Waals surface area contributed by atoms with E-state index in [1.807, 2.05) is 4.90 Å². The summed E-state index contributed by atoms with van der Waals surface area (Å²) in [6, 6.07) is 0. The van der Waals surface area contributed by atoms with E-state index in [1.54, 1.807) is 7.11 Å². The maximum absolute atomic E-state index is 12.2. The topological polar surface area (TPSA) is 44.8 Å². The van der Waals surface area contributed by atoms with Gasteiger partial charge >= 0.3 is 0 Å². The maximum atomic E-state index is 12.2. The van der Waals surface area contributed by atoms with Crippen LogP contribution >= 0.6 is 0 Å². The lowest BCUT2D eigenvalue weighted by Crippen LogP contribution is -2.41. The highest BCUT2D eigenvalue weighted by Crippen LogP contribution is 2.16. The third-order valence-corrected chi connectivity index (χ3v) is 3.82. The van der Waals surface area contributed by atoms with E-state index in [0.29, 0.717) is 12.5 Å². The molecule has 1 amide bonds. The molecule has 0 aromatic carbocycles. The van der Waals surface area contributed by atoms with E-state index >= 15 is 0 Å². The zero-order valence-electron chi connectivity index (χ0n) is 11.4. The molecule has 1 N–H and O–H groups in total. The summed E-state index contributed by atoms with van der Waals surface area (Å²) in [5.41, 5.74) is 0. The molecular weight excluding hydrogens is 230 g/mol. The second-order valence-electron chi connectivity index (χ2n) is 5.33. The van der Waals surface area contributed by atoms with Crippen LogP contribution in [0.2, 0.25) is 0 Å². The van der Waals surface area contributed by atoms with Crippen molar-refractivity contribution in [3.05, 3.63) is 0 Å². The first kappa shape index (κ1) is 13.8. The van der Waals surface area contributed by atoms with Crippen molar-refractivity contribution < 1.29 is 9.53 Å². The number of nitrogens with one attached hydrogen (secondary N) is 1. The number of hydrogen-bond acceptors (Lipinski definition) is 4. The summed E-state index contributed by atoms with van der Waals surface area (Å²) >= 11 is 0. The summed E-state index contributed by atoms with van der Waals surface area (Å²) in [5.74, 6) is 0.894. The van der Waals surface area contributed by atoms with Gasteiger partial charge in [-0.15, -0.1) is 0 Å². The number of hydrogen-bond donors (Lipinski definition) is 1. The summed E-state index contributed by atoms with van der Waals surface area (Å²) in [5, 5.41) is 3.33. The molecule has 0 aliphatic carbocycles. The van der Waals surface area contributed by atoms with Crippen molar-refractivity contribution in [3.63, 3.8) is 0 Å². The smallest absolute Gasteiger partial charge is 0.236 e. The molecule has 104 valence electrons. The van der Waals surface area contributed by atoms with E-state index in [-0.39, 0.29) is 5.91 Å². The Morgan fingerprint density at radius 1 is 1.33 bits per heavy atom. The van der Waals surface area contributed by atoms with Crippen LogP contribution < -0.4 is 5.32 Å². The number of likely N-dealkylation sites (tertiary alicyclic amines) is 1. The molecule has 2 aliphatic heterocycles. The second kappa shape index (κ2) is 7.07. The summed E-state index contributed by atoms with van der Waals surface area (Å²) < 4.78 is 5.18. The van der Waals surface area contributed by atoms with Crippen LogP contribution in [0.1, 0.15) is 12.8 Å². The molecule has 0 radical (unpaired) electrons. The Morgan fingerprint density at radius 2 is 2.22 bits per heavy atom. The summed E-state index contributed by atoms with van der Waals surface area (Å²) in [6.45, 7) is 7.16. The van der Waals surface area contributed by atoms with E-state index in [4.69, 9.17) is 4.74 Å². The lowest BCUT2D eigenvalue weighted by atomic mass is 10.1. The lowest BCUT2D eigenvalue weighted by molar-refractivity contribution is -0.132. The van der Waals surface area contributed by atoms with Gasteiger partial charge in [-0.1, -0.05) is 0 Å². The number of ether oxygens (including phenoxy) is 1. The van der Waals surface area contributed by atoms with Crippen LogP contribution in [0.15, 0.2) is 0 Å². The van der Waals surface area contributed by atoms with Crippen LogP contribution in [0.4, 0.5) is 0 Å². The van der Waals surface area contributed by atoms with Gasteiger partial charge in [0.25, 0.3) is 0 Å². The fourth-order valence-electron chi connectivity index (χ4n) is 2.81. The molecule has 0 saturated carbocycles. The molecule has 1 unspecified atom stereocenters. The summed E-state index contributed by atoms with van der Waals surface area (Å²) in [4.78, 5) is 16.5. The standard InChI is InChI=1S/C13H25N3O2/c1-18-11-12-3-7-15(9-12)10-13(17)16-6-2-4-14-5-8-16/h12,14H,2-11H2,1H3. The fourth-order valence-corrected chi connectivity index (χ4v) is 2.81. The minimum atomic E-state index is 0.289. The average molecular weight is 255 g/mol. The van der Waals surface area contributed by atoms with Crippen molar-refractivity contribution in [1.82, 2.24) is 15.1 Å². The third-order valence-electron chi connectivity index (χ3n) is 3.82. The zero-order valence-corrected chi connectivity index (χ0v) is 11.4. The van der Waals surface area contributed by atoms with Gasteiger partial charge in [0.15, 0.2) is 0 Å². The molecule has 2 aliphatic rings. The molecule has 18 heavy (non-hydrogen) atoms. The maximum Gasteiger partial charge on any atom is 0.236 e. The Bertz CT molecular complexity index is 265. The minimum Gasteiger partial charge on any atom is -0.384 e. The Balaban J connectivity index is 1.73. The number of carbonyl (C=O) groups excluding carboxylic acids is 1. The van der Waals surface area contributed by atoms with Gasteiger partial charge in [0.05, 0.1) is 13.2 Å². The molecule has 0 aromatic heterocycles. The molecule has 0 spiro atoms. The fraction of sp³-hybridized carbons (Fsp3) is 0.923. The molecule has 2 fully saturated rings. The highest BCUT2D eigenvalue weighted by molar-refractivity contribution is 5.78. The van der Waals surface area contributed by atoms with Crippen LogP contribution in [0, 0.1) is 5.92 Å². The number of rotatable bonds is 4. The predicted molar refractivity (Wildman–Crippen MR) is 70.5 cm³/mol. The van der Waals surface area contributed by atoms with E-state index in [2.05, 4.69) is 10.2 Å². The Kier molecular flexibility index (Phi) is 5.41. The third kappa shape index (κ3) is 3.93. The number of methoxy groups -OCH3 is 1. The van der Waals surface area contributed by atoms with Gasteiger partial charge in [-0.25, -0.2) is 0 Å². The number of carbonyl (C=O) groups is 1. The van der Waals surface area contributed by atoms with Crippen LogP contribution in [0.3, 0.4) is 0 Å². The van der Waals surface area contributed by atoms with Gasteiger partial charge in [-0.3, -0.25) is 9.69 Å². The first-order chi connectivity index (χ1) is 8.79. The molecule has 2 saturated heterocycles. The molecule has 5 heteroatoms. The van der Waals surface area contributed by atoms with Gasteiger partial charge in [-0.05, 0) is 31.8 Å². The highest BCUT2D eigenvalue weighted by atomic mass is 16.5. The van der Waals surface area contributed by atoms with Gasteiger partial charge < -0.3 is 15.0 Å². The SMILES string of the molecule is COCC1CCN(CC(=O)N2CCCNCC2)C1. The molecule has 2 rings (SSSR count). The Hall–Kier alpha value is -0.650. The molecule has 0 aromatic rings. The first-order valence-corrected chi connectivity index (χ1v) is 6.99. The predicted octanol–water partition coefficient (Wildman–Crippen LogP) is -0.223. The van der Waals surface area contributed by atoms with Crippen molar-refractivity contribution in [1.29, 1.82) is 0 Å². The van der Waals surface area contributed by atoms with Crippen LogP contribution in [0.25, 0.3) is 0 Å². The quantitative estimate of drug-likeness (QED) is 0.754. The number of nitrogens with zero attached hydrogens (tertiary/aromatic N) is 2. The van der Waals surface area contributed by atoms with E-state index in [9.17, 15) is 4.79 Å². The van der Waals surface area contributed by atoms with Crippen LogP contribution in [-0.4, -0.2) is 75.2 Å². The lowest BCUT2D eigenvalue weighted by Gasteiger charge is -2.23. The average Bonchev–Trinajstić information content (AvgIpc) is 2.65. The second-order valence-corrected chi connectivity index (χ2v) is 5.33. The largest absolute Gasteiger partial charge is 0.384 e. The van der Waals surface area contributed by atoms with Gasteiger partial charge in [0, 0.05) is 33.3 Å². The van der Waals surface area contributed by atoms with Gasteiger partial charge in [-0.2, -0.15) is 0 Å². The molecule has 5 nitrogen and oxygen atoms in total. The zero-order chi connectivity index (χ0) is 12.8. The summed E-state index contributed by atoms with van der Waals surface area (Å²) in [7, 11) is 1.75. The van der Waals surface area contributed by atoms with Crippen molar-refractivity contribution in [3.8, 4) is 0 Å². The Morgan fingerprint density at radius 3 is 3.06 bits per heavy atom. The van der Waals surface area contributed by atoms with E-state index in [0.717, 1.165) is 58.7 Å².